The highest BCUT2D eigenvalue weighted by Gasteiger charge is 2.56. The first-order valence-corrected chi connectivity index (χ1v) is 10.9. The van der Waals surface area contributed by atoms with E-state index in [1.54, 1.807) is 25.3 Å². The Morgan fingerprint density at radius 3 is 2.67 bits per heavy atom. The smallest absolute Gasteiger partial charge is 0.336 e. The van der Waals surface area contributed by atoms with Crippen molar-refractivity contribution in [3.8, 4) is 5.82 Å². The van der Waals surface area contributed by atoms with Crippen molar-refractivity contribution >= 4 is 11.9 Å². The molecule has 1 spiro atoms. The lowest BCUT2D eigenvalue weighted by Crippen LogP contribution is -2.49. The number of pyridine rings is 1. The maximum atomic E-state index is 13.3. The first kappa shape index (κ1) is 21.6. The number of carbonyl (C=O) groups excluding carboxylic acids is 2. The van der Waals surface area contributed by atoms with Crippen LogP contribution < -0.4 is 0 Å². The van der Waals surface area contributed by atoms with Crippen LogP contribution in [0.5, 0.6) is 0 Å². The summed E-state index contributed by atoms with van der Waals surface area (Å²) in [5.41, 5.74) is 0.780. The molecule has 33 heavy (non-hydrogen) atoms. The molecule has 1 amide bonds. The second-order valence-corrected chi connectivity index (χ2v) is 8.76. The van der Waals surface area contributed by atoms with E-state index < -0.39 is 23.6 Å². The fraction of sp³-hybridized carbons (Fsp3) is 0.524. The summed E-state index contributed by atoms with van der Waals surface area (Å²) in [6.07, 6.45) is 2.44. The lowest BCUT2D eigenvalue weighted by molar-refractivity contribution is -0.141. The van der Waals surface area contributed by atoms with E-state index in [-0.39, 0.29) is 19.1 Å². The number of rotatable bonds is 5. The average molecular weight is 455 g/mol. The lowest BCUT2D eigenvalue weighted by Gasteiger charge is -2.40. The van der Waals surface area contributed by atoms with Crippen LogP contribution in [-0.4, -0.2) is 96.0 Å². The highest BCUT2D eigenvalue weighted by Crippen LogP contribution is 2.44. The van der Waals surface area contributed by atoms with E-state index in [1.165, 1.54) is 15.9 Å². The minimum absolute atomic E-state index is 0.0672. The standard InChI is InChI=1S/C21H25N7O5/c1-13-15(11-33-19(13)31)27-10-17(30)21(20(27)32)4-6-26(7-5-21)9-16(29)14-2-3-18(22-8-14)28-12-23-24-25-28/h2-3,8,12,16-17,29-30H,4-7,9-11H2,1H3/t16-,17?/m0/s1. The van der Waals surface area contributed by atoms with Crippen LogP contribution in [0.25, 0.3) is 5.82 Å². The fourth-order valence-corrected chi connectivity index (χ4v) is 4.85. The van der Waals surface area contributed by atoms with E-state index in [1.807, 2.05) is 0 Å². The minimum atomic E-state index is -0.866. The molecule has 0 radical (unpaired) electrons. The molecule has 174 valence electrons. The molecule has 0 bridgehead atoms. The summed E-state index contributed by atoms with van der Waals surface area (Å²) >= 11 is 0. The number of amides is 1. The number of nitrogens with zero attached hydrogens (tertiary/aromatic N) is 7. The summed E-state index contributed by atoms with van der Waals surface area (Å²) in [7, 11) is 0. The number of ether oxygens (including phenoxy) is 1. The summed E-state index contributed by atoms with van der Waals surface area (Å²) in [5, 5.41) is 32.4. The molecule has 12 heteroatoms. The van der Waals surface area contributed by atoms with E-state index in [2.05, 4.69) is 25.4 Å². The number of tetrazole rings is 1. The largest absolute Gasteiger partial charge is 0.456 e. The Morgan fingerprint density at radius 2 is 2.06 bits per heavy atom. The van der Waals surface area contributed by atoms with Gasteiger partial charge in [-0.2, -0.15) is 4.68 Å². The average Bonchev–Trinajstić information content (AvgIpc) is 3.53. The summed E-state index contributed by atoms with van der Waals surface area (Å²) in [6.45, 7) is 3.41. The van der Waals surface area contributed by atoms with Crippen molar-refractivity contribution in [2.75, 3.05) is 32.8 Å². The predicted octanol–water partition coefficient (Wildman–Crippen LogP) is -0.793. The Bertz CT molecular complexity index is 1080. The monoisotopic (exact) mass is 455 g/mol. The zero-order valence-corrected chi connectivity index (χ0v) is 18.2. The third kappa shape index (κ3) is 3.69. The Hall–Kier alpha value is -3.22. The highest BCUT2D eigenvalue weighted by molar-refractivity contribution is 5.94. The first-order valence-electron chi connectivity index (χ1n) is 10.9. The summed E-state index contributed by atoms with van der Waals surface area (Å²) in [5.74, 6) is -0.0170. The van der Waals surface area contributed by atoms with E-state index in [4.69, 9.17) is 4.74 Å². The van der Waals surface area contributed by atoms with Crippen LogP contribution in [0.3, 0.4) is 0 Å². The summed E-state index contributed by atoms with van der Waals surface area (Å²) < 4.78 is 6.47. The molecule has 12 nitrogen and oxygen atoms in total. The number of likely N-dealkylation sites (tertiary alicyclic amines) is 2. The highest BCUT2D eigenvalue weighted by atomic mass is 16.5. The second-order valence-electron chi connectivity index (χ2n) is 8.76. The van der Waals surface area contributed by atoms with Gasteiger partial charge in [0.15, 0.2) is 5.82 Å². The van der Waals surface area contributed by atoms with Gasteiger partial charge >= 0.3 is 5.97 Å². The van der Waals surface area contributed by atoms with E-state index in [9.17, 15) is 19.8 Å². The third-order valence-electron chi connectivity index (χ3n) is 6.99. The second kappa shape index (κ2) is 8.28. The topological polar surface area (TPSA) is 147 Å². The first-order chi connectivity index (χ1) is 15.9. The molecule has 5 heterocycles. The third-order valence-corrected chi connectivity index (χ3v) is 6.99. The van der Waals surface area contributed by atoms with Gasteiger partial charge in [-0.1, -0.05) is 6.07 Å². The Balaban J connectivity index is 1.21. The molecule has 2 fully saturated rings. The molecule has 3 aliphatic rings. The summed E-state index contributed by atoms with van der Waals surface area (Å²) in [6, 6.07) is 3.51. The number of cyclic esters (lactones) is 1. The van der Waals surface area contributed by atoms with E-state index in [0.29, 0.717) is 55.1 Å². The number of β-amino-alcohol motifs (C(OH)–C–C–N with tert-alkyl or cyclic N) is 2. The molecule has 0 saturated carbocycles. The molecule has 3 aliphatic heterocycles. The van der Waals surface area contributed by atoms with Gasteiger partial charge in [0, 0.05) is 18.3 Å². The van der Waals surface area contributed by atoms with Crippen molar-refractivity contribution in [1.82, 2.24) is 35.0 Å². The van der Waals surface area contributed by atoms with Gasteiger partial charge in [0.25, 0.3) is 0 Å². The zero-order chi connectivity index (χ0) is 23.2. The Kier molecular flexibility index (Phi) is 5.43. The molecule has 2 aromatic heterocycles. The molecule has 5 rings (SSSR count). The minimum Gasteiger partial charge on any atom is -0.456 e. The molecule has 0 aromatic carbocycles. The van der Waals surface area contributed by atoms with Crippen molar-refractivity contribution in [3.05, 3.63) is 41.5 Å². The molecule has 0 aliphatic carbocycles. The maximum Gasteiger partial charge on any atom is 0.336 e. The van der Waals surface area contributed by atoms with Gasteiger partial charge in [-0.05, 0) is 49.3 Å². The Labute approximate surface area is 189 Å². The SMILES string of the molecule is CC1=C(N2CC(O)C3(CCN(C[C@H](O)c4ccc(-n5cnnn5)nc4)CC3)C2=O)COC1=O. The Morgan fingerprint density at radius 1 is 1.27 bits per heavy atom. The van der Waals surface area contributed by atoms with Crippen LogP contribution >= 0.6 is 0 Å². The van der Waals surface area contributed by atoms with Crippen molar-refractivity contribution in [1.29, 1.82) is 0 Å². The van der Waals surface area contributed by atoms with Crippen molar-refractivity contribution in [2.24, 2.45) is 5.41 Å². The van der Waals surface area contributed by atoms with Gasteiger partial charge in [0.1, 0.15) is 12.9 Å². The fourth-order valence-electron chi connectivity index (χ4n) is 4.85. The number of esters is 1. The van der Waals surface area contributed by atoms with E-state index >= 15 is 0 Å². The molecular formula is C21H25N7O5. The number of aromatic nitrogens is 5. The van der Waals surface area contributed by atoms with Gasteiger partial charge in [0.2, 0.25) is 5.91 Å². The number of hydrogen-bond donors (Lipinski definition) is 2. The normalized spacial score (nSPS) is 24.1. The number of carbonyl (C=O) groups is 2. The van der Waals surface area contributed by atoms with Crippen LogP contribution in [-0.2, 0) is 14.3 Å². The number of hydrogen-bond acceptors (Lipinski definition) is 10. The maximum absolute atomic E-state index is 13.3. The predicted molar refractivity (Wildman–Crippen MR) is 111 cm³/mol. The molecule has 1 unspecified atom stereocenters. The lowest BCUT2D eigenvalue weighted by atomic mass is 9.75. The van der Waals surface area contributed by atoms with E-state index in [0.717, 1.165) is 0 Å². The van der Waals surface area contributed by atoms with Crippen molar-refractivity contribution in [2.45, 2.75) is 32.0 Å². The van der Waals surface area contributed by atoms with Crippen LogP contribution in [0.15, 0.2) is 35.9 Å². The number of piperidine rings is 1. The molecule has 2 atom stereocenters. The van der Waals surface area contributed by atoms with Gasteiger partial charge in [-0.3, -0.25) is 4.79 Å². The van der Waals surface area contributed by atoms with Crippen LogP contribution in [0.2, 0.25) is 0 Å². The molecule has 2 saturated heterocycles. The van der Waals surface area contributed by atoms with Crippen LogP contribution in [0.4, 0.5) is 0 Å². The molecule has 2 N–H and O–H groups in total. The number of aliphatic hydroxyl groups is 2. The van der Waals surface area contributed by atoms with Gasteiger partial charge < -0.3 is 24.7 Å². The van der Waals surface area contributed by atoms with Gasteiger partial charge in [0.05, 0.1) is 35.4 Å². The molecule has 2 aromatic rings. The van der Waals surface area contributed by atoms with Crippen molar-refractivity contribution < 1.29 is 24.5 Å². The summed E-state index contributed by atoms with van der Waals surface area (Å²) in [4.78, 5) is 32.9. The molecular weight excluding hydrogens is 430 g/mol. The zero-order valence-electron chi connectivity index (χ0n) is 18.2. The van der Waals surface area contributed by atoms with Crippen LogP contribution in [0, 0.1) is 5.41 Å². The van der Waals surface area contributed by atoms with Gasteiger partial charge in [-0.15, -0.1) is 5.10 Å². The number of aliphatic hydroxyl groups excluding tert-OH is 2. The van der Waals surface area contributed by atoms with Gasteiger partial charge in [-0.25, -0.2) is 9.78 Å². The van der Waals surface area contributed by atoms with Crippen molar-refractivity contribution in [3.63, 3.8) is 0 Å². The van der Waals surface area contributed by atoms with Crippen LogP contribution in [0.1, 0.15) is 31.4 Å². The quantitative estimate of drug-likeness (QED) is 0.550.